The van der Waals surface area contributed by atoms with Crippen molar-refractivity contribution >= 4 is 11.7 Å². The maximum atomic E-state index is 13.0. The molecule has 0 saturated carbocycles. The number of nitrogens with zero attached hydrogens (tertiary/aromatic N) is 1. The van der Waals surface area contributed by atoms with Crippen LogP contribution in [0.3, 0.4) is 0 Å². The summed E-state index contributed by atoms with van der Waals surface area (Å²) in [6.07, 6.45) is 1.86. The summed E-state index contributed by atoms with van der Waals surface area (Å²) in [5.41, 5.74) is 1.32. The van der Waals surface area contributed by atoms with Crippen LogP contribution in [0.5, 0.6) is 0 Å². The van der Waals surface area contributed by atoms with Crippen molar-refractivity contribution in [3.63, 3.8) is 0 Å². The van der Waals surface area contributed by atoms with Gasteiger partial charge < -0.3 is 15.3 Å². The number of hydrogen-bond donors (Lipinski definition) is 2. The van der Waals surface area contributed by atoms with Crippen molar-refractivity contribution in [2.24, 2.45) is 5.92 Å². The van der Waals surface area contributed by atoms with Crippen molar-refractivity contribution in [3.8, 4) is 0 Å². The predicted molar refractivity (Wildman–Crippen MR) is 71.5 cm³/mol. The van der Waals surface area contributed by atoms with Crippen LogP contribution in [0.4, 0.5) is 14.9 Å². The van der Waals surface area contributed by atoms with Gasteiger partial charge in [-0.05, 0) is 49.4 Å². The Morgan fingerprint density at radius 1 is 1.58 bits per heavy atom. The standard InChI is InChI=1S/C14H19FN2O2/c1-10-7-12(15)4-5-13(10)16-14(19)17-6-2-3-11(8-17)9-18/h4-5,7,11,18H,2-3,6,8-9H2,1H3,(H,16,19). The number of likely N-dealkylation sites (tertiary alicyclic amines) is 1. The van der Waals surface area contributed by atoms with Crippen LogP contribution in [-0.2, 0) is 0 Å². The first kappa shape index (κ1) is 13.8. The summed E-state index contributed by atoms with van der Waals surface area (Å²) in [5.74, 6) is -0.150. The molecule has 1 unspecified atom stereocenters. The van der Waals surface area contributed by atoms with Gasteiger partial charge >= 0.3 is 6.03 Å². The van der Waals surface area contributed by atoms with Gasteiger partial charge in [0.2, 0.25) is 0 Å². The van der Waals surface area contributed by atoms with Gasteiger partial charge in [-0.15, -0.1) is 0 Å². The summed E-state index contributed by atoms with van der Waals surface area (Å²) in [4.78, 5) is 13.8. The first-order valence-corrected chi connectivity index (χ1v) is 6.53. The van der Waals surface area contributed by atoms with Crippen molar-refractivity contribution in [3.05, 3.63) is 29.6 Å². The number of carbonyl (C=O) groups is 1. The lowest BCUT2D eigenvalue weighted by Gasteiger charge is -2.32. The third kappa shape index (κ3) is 3.44. The van der Waals surface area contributed by atoms with E-state index in [9.17, 15) is 9.18 Å². The van der Waals surface area contributed by atoms with Crippen LogP contribution in [0.25, 0.3) is 0 Å². The Labute approximate surface area is 112 Å². The largest absolute Gasteiger partial charge is 0.396 e. The molecule has 104 valence electrons. The Bertz CT molecular complexity index is 465. The number of nitrogens with one attached hydrogen (secondary N) is 1. The Kier molecular flexibility index (Phi) is 4.37. The van der Waals surface area contributed by atoms with Crippen molar-refractivity contribution in [1.29, 1.82) is 0 Å². The molecule has 2 rings (SSSR count). The van der Waals surface area contributed by atoms with Gasteiger partial charge in [0.05, 0.1) is 0 Å². The summed E-state index contributed by atoms with van der Waals surface area (Å²) < 4.78 is 13.0. The molecule has 2 amide bonds. The monoisotopic (exact) mass is 266 g/mol. The zero-order valence-corrected chi connectivity index (χ0v) is 11.0. The SMILES string of the molecule is Cc1cc(F)ccc1NC(=O)N1CCCC(CO)C1. The van der Waals surface area contributed by atoms with E-state index in [4.69, 9.17) is 5.11 Å². The van der Waals surface area contributed by atoms with Gasteiger partial charge in [-0.3, -0.25) is 0 Å². The molecule has 0 aliphatic carbocycles. The second kappa shape index (κ2) is 6.02. The van der Waals surface area contributed by atoms with Gasteiger partial charge in [-0.25, -0.2) is 9.18 Å². The number of anilines is 1. The Morgan fingerprint density at radius 2 is 2.37 bits per heavy atom. The molecule has 0 aromatic heterocycles. The van der Waals surface area contributed by atoms with Crippen LogP contribution < -0.4 is 5.32 Å². The van der Waals surface area contributed by atoms with Crippen LogP contribution in [0.1, 0.15) is 18.4 Å². The molecule has 1 saturated heterocycles. The number of urea groups is 1. The Hall–Kier alpha value is -1.62. The number of benzene rings is 1. The smallest absolute Gasteiger partial charge is 0.321 e. The molecule has 1 atom stereocenters. The number of carbonyl (C=O) groups excluding carboxylic acids is 1. The van der Waals surface area contributed by atoms with Crippen LogP contribution in [-0.4, -0.2) is 35.7 Å². The fraction of sp³-hybridized carbons (Fsp3) is 0.500. The molecule has 4 nitrogen and oxygen atoms in total. The number of halogens is 1. The molecule has 1 fully saturated rings. The van der Waals surface area contributed by atoms with Gasteiger partial charge in [0.25, 0.3) is 0 Å². The molecule has 0 bridgehead atoms. The molecule has 1 heterocycles. The first-order chi connectivity index (χ1) is 9.10. The summed E-state index contributed by atoms with van der Waals surface area (Å²) in [6, 6.07) is 4.10. The molecular formula is C14H19FN2O2. The van der Waals surface area contributed by atoms with Crippen LogP contribution in [0.15, 0.2) is 18.2 Å². The quantitative estimate of drug-likeness (QED) is 0.863. The van der Waals surface area contributed by atoms with Crippen molar-refractivity contribution in [2.45, 2.75) is 19.8 Å². The average Bonchev–Trinajstić information content (AvgIpc) is 2.42. The summed E-state index contributed by atoms with van der Waals surface area (Å²) in [6.45, 7) is 3.13. The second-order valence-electron chi connectivity index (χ2n) is 5.03. The minimum absolute atomic E-state index is 0.110. The third-order valence-electron chi connectivity index (χ3n) is 3.49. The van der Waals surface area contributed by atoms with Crippen molar-refractivity contribution < 1.29 is 14.3 Å². The molecule has 1 aliphatic heterocycles. The molecule has 5 heteroatoms. The van der Waals surface area contributed by atoms with Crippen molar-refractivity contribution in [1.82, 2.24) is 4.90 Å². The normalized spacial score (nSPS) is 19.3. The highest BCUT2D eigenvalue weighted by Gasteiger charge is 2.23. The zero-order chi connectivity index (χ0) is 13.8. The second-order valence-corrected chi connectivity index (χ2v) is 5.03. The maximum absolute atomic E-state index is 13.0. The van der Waals surface area contributed by atoms with E-state index in [2.05, 4.69) is 5.32 Å². The highest BCUT2D eigenvalue weighted by Crippen LogP contribution is 2.19. The van der Waals surface area contributed by atoms with E-state index in [-0.39, 0.29) is 24.4 Å². The predicted octanol–water partition coefficient (Wildman–Crippen LogP) is 2.37. The van der Waals surface area contributed by atoms with Gasteiger partial charge in [-0.1, -0.05) is 0 Å². The lowest BCUT2D eigenvalue weighted by molar-refractivity contribution is 0.136. The molecule has 0 spiro atoms. The van der Waals surface area contributed by atoms with E-state index >= 15 is 0 Å². The lowest BCUT2D eigenvalue weighted by atomic mass is 9.99. The third-order valence-corrected chi connectivity index (χ3v) is 3.49. The van der Waals surface area contributed by atoms with Crippen LogP contribution >= 0.6 is 0 Å². The topological polar surface area (TPSA) is 52.6 Å². The molecule has 19 heavy (non-hydrogen) atoms. The lowest BCUT2D eigenvalue weighted by Crippen LogP contribution is -2.43. The van der Waals surface area contributed by atoms with E-state index < -0.39 is 0 Å². The van der Waals surface area contributed by atoms with E-state index in [1.807, 2.05) is 0 Å². The number of aryl methyl sites for hydroxylation is 1. The fourth-order valence-corrected chi connectivity index (χ4v) is 2.36. The van der Waals surface area contributed by atoms with Gasteiger partial charge in [0.1, 0.15) is 5.82 Å². The Balaban J connectivity index is 2.00. The van der Waals surface area contributed by atoms with Gasteiger partial charge in [-0.2, -0.15) is 0 Å². The van der Waals surface area contributed by atoms with Crippen LogP contribution in [0.2, 0.25) is 0 Å². The zero-order valence-electron chi connectivity index (χ0n) is 11.0. The molecular weight excluding hydrogens is 247 g/mol. The molecule has 2 N–H and O–H groups in total. The maximum Gasteiger partial charge on any atom is 0.321 e. The highest BCUT2D eigenvalue weighted by atomic mass is 19.1. The number of piperidine rings is 1. The van der Waals surface area contributed by atoms with Crippen molar-refractivity contribution in [2.75, 3.05) is 25.0 Å². The summed E-state index contributed by atoms with van der Waals surface area (Å²) >= 11 is 0. The number of hydrogen-bond acceptors (Lipinski definition) is 2. The fourth-order valence-electron chi connectivity index (χ4n) is 2.36. The van der Waals surface area contributed by atoms with Crippen LogP contribution in [0, 0.1) is 18.7 Å². The molecule has 0 radical (unpaired) electrons. The number of amides is 2. The number of rotatable bonds is 2. The minimum Gasteiger partial charge on any atom is -0.396 e. The van der Waals surface area contributed by atoms with Gasteiger partial charge in [0.15, 0.2) is 0 Å². The van der Waals surface area contributed by atoms with E-state index in [1.54, 1.807) is 17.9 Å². The average molecular weight is 266 g/mol. The van der Waals surface area contributed by atoms with E-state index in [1.165, 1.54) is 12.1 Å². The van der Waals surface area contributed by atoms with E-state index in [0.29, 0.717) is 24.3 Å². The number of aliphatic hydroxyl groups excluding tert-OH is 1. The minimum atomic E-state index is -0.311. The number of aliphatic hydroxyl groups is 1. The van der Waals surface area contributed by atoms with E-state index in [0.717, 1.165) is 12.8 Å². The molecule has 1 aliphatic rings. The highest BCUT2D eigenvalue weighted by molar-refractivity contribution is 5.90. The summed E-state index contributed by atoms with van der Waals surface area (Å²) in [5, 5.41) is 11.9. The Morgan fingerprint density at radius 3 is 3.05 bits per heavy atom. The molecule has 1 aromatic carbocycles. The van der Waals surface area contributed by atoms with Gasteiger partial charge in [0, 0.05) is 25.4 Å². The molecule has 1 aromatic rings. The first-order valence-electron chi connectivity index (χ1n) is 6.53. The summed E-state index contributed by atoms with van der Waals surface area (Å²) in [7, 11) is 0.